The van der Waals surface area contributed by atoms with Gasteiger partial charge in [-0.1, -0.05) is 0 Å². The summed E-state index contributed by atoms with van der Waals surface area (Å²) < 4.78 is 16.4. The molecule has 1 N–H and O–H groups in total. The Balaban J connectivity index is 2.60. The van der Waals surface area contributed by atoms with E-state index in [1.54, 1.807) is 4.90 Å². The van der Waals surface area contributed by atoms with Crippen molar-refractivity contribution in [2.45, 2.75) is 46.2 Å². The summed E-state index contributed by atoms with van der Waals surface area (Å²) in [7, 11) is 0. The van der Waals surface area contributed by atoms with Crippen LogP contribution in [0, 0.1) is 11.3 Å². The van der Waals surface area contributed by atoms with E-state index >= 15 is 0 Å². The molecule has 0 aromatic carbocycles. The van der Waals surface area contributed by atoms with Crippen LogP contribution in [0.2, 0.25) is 0 Å². The molecule has 2 unspecified atom stereocenters. The molecule has 7 nitrogen and oxygen atoms in total. The minimum absolute atomic E-state index is 0.0316. The first-order chi connectivity index (χ1) is 11.0. The molecule has 1 rings (SSSR count). The molecule has 7 heteroatoms. The molecule has 130 valence electrons. The maximum atomic E-state index is 12.4. The first kappa shape index (κ1) is 19.4. The van der Waals surface area contributed by atoms with E-state index in [0.717, 1.165) is 0 Å². The molecule has 1 saturated heterocycles. The van der Waals surface area contributed by atoms with E-state index in [9.17, 15) is 10.1 Å². The lowest BCUT2D eigenvalue weighted by Gasteiger charge is -2.35. The third kappa shape index (κ3) is 6.57. The summed E-state index contributed by atoms with van der Waals surface area (Å²) >= 11 is 0. The molecule has 0 spiro atoms. The Bertz CT molecular complexity index is 431. The number of ether oxygens (including phenoxy) is 3. The Hall–Kier alpha value is -1.62. The lowest BCUT2D eigenvalue weighted by Crippen LogP contribution is -2.48. The fraction of sp³-hybridized carbons (Fsp3) is 0.750. The standard InChI is InChI=1S/C16H27N3O4/c1-5-21-15(22-6-2)9-18-8-14(7-17)16(20)19-10-12(3)23-13(4)11-19/h8,12-13,15,18H,5-6,9-11H2,1-4H3/b14-8-. The molecule has 0 aromatic rings. The van der Waals surface area contributed by atoms with Crippen LogP contribution in [-0.2, 0) is 19.0 Å². The molecule has 1 aliphatic heterocycles. The Morgan fingerprint density at radius 1 is 1.35 bits per heavy atom. The second kappa shape index (κ2) is 10.2. The number of carbonyl (C=O) groups excluding carboxylic acids is 1. The molecule has 0 aromatic heterocycles. The second-order valence-electron chi connectivity index (χ2n) is 5.39. The van der Waals surface area contributed by atoms with Crippen molar-refractivity contribution < 1.29 is 19.0 Å². The first-order valence-electron chi connectivity index (χ1n) is 8.03. The Morgan fingerprint density at radius 3 is 2.39 bits per heavy atom. The van der Waals surface area contributed by atoms with E-state index in [2.05, 4.69) is 5.32 Å². The number of rotatable bonds is 8. The minimum Gasteiger partial charge on any atom is -0.385 e. The molecular formula is C16H27N3O4. The number of hydrogen-bond donors (Lipinski definition) is 1. The van der Waals surface area contributed by atoms with Gasteiger partial charge in [-0.25, -0.2) is 0 Å². The highest BCUT2D eigenvalue weighted by atomic mass is 16.7. The summed E-state index contributed by atoms with van der Waals surface area (Å²) in [6.45, 7) is 10.0. The van der Waals surface area contributed by atoms with Crippen molar-refractivity contribution in [2.24, 2.45) is 0 Å². The molecule has 0 bridgehead atoms. The van der Waals surface area contributed by atoms with Crippen molar-refractivity contribution in [3.63, 3.8) is 0 Å². The highest BCUT2D eigenvalue weighted by molar-refractivity contribution is 5.97. The van der Waals surface area contributed by atoms with E-state index in [1.165, 1.54) is 6.20 Å². The topological polar surface area (TPSA) is 83.8 Å². The van der Waals surface area contributed by atoms with Crippen LogP contribution in [0.5, 0.6) is 0 Å². The zero-order chi connectivity index (χ0) is 17.2. The maximum Gasteiger partial charge on any atom is 0.266 e. The van der Waals surface area contributed by atoms with Crippen molar-refractivity contribution in [3.8, 4) is 6.07 Å². The smallest absolute Gasteiger partial charge is 0.266 e. The zero-order valence-corrected chi connectivity index (χ0v) is 14.4. The molecular weight excluding hydrogens is 298 g/mol. The van der Waals surface area contributed by atoms with Crippen LogP contribution >= 0.6 is 0 Å². The van der Waals surface area contributed by atoms with Crippen molar-refractivity contribution in [3.05, 3.63) is 11.8 Å². The summed E-state index contributed by atoms with van der Waals surface area (Å²) in [6, 6.07) is 1.95. The highest BCUT2D eigenvalue weighted by Crippen LogP contribution is 2.13. The van der Waals surface area contributed by atoms with Crippen LogP contribution in [0.4, 0.5) is 0 Å². The van der Waals surface area contributed by atoms with Gasteiger partial charge >= 0.3 is 0 Å². The third-order valence-corrected chi connectivity index (χ3v) is 3.29. The monoisotopic (exact) mass is 325 g/mol. The number of amides is 1. The number of hydrogen-bond acceptors (Lipinski definition) is 6. The van der Waals surface area contributed by atoms with Gasteiger partial charge in [-0.3, -0.25) is 4.79 Å². The number of carbonyl (C=O) groups is 1. The van der Waals surface area contributed by atoms with Crippen LogP contribution < -0.4 is 5.32 Å². The normalized spacial score (nSPS) is 22.1. The molecule has 1 fully saturated rings. The molecule has 0 radical (unpaired) electrons. The number of nitrogens with zero attached hydrogens (tertiary/aromatic N) is 2. The fourth-order valence-corrected chi connectivity index (χ4v) is 2.45. The minimum atomic E-state index is -0.403. The maximum absolute atomic E-state index is 12.4. The Morgan fingerprint density at radius 2 is 1.91 bits per heavy atom. The molecule has 1 heterocycles. The molecule has 1 aliphatic rings. The number of nitriles is 1. The van der Waals surface area contributed by atoms with Crippen LogP contribution in [-0.4, -0.2) is 62.2 Å². The van der Waals surface area contributed by atoms with Gasteiger partial charge in [-0.2, -0.15) is 5.26 Å². The fourth-order valence-electron chi connectivity index (χ4n) is 2.45. The van der Waals surface area contributed by atoms with Crippen LogP contribution in [0.25, 0.3) is 0 Å². The molecule has 23 heavy (non-hydrogen) atoms. The summed E-state index contributed by atoms with van der Waals surface area (Å²) in [5.74, 6) is -0.286. The Kier molecular flexibility index (Phi) is 8.62. The summed E-state index contributed by atoms with van der Waals surface area (Å²) in [5, 5.41) is 12.2. The van der Waals surface area contributed by atoms with E-state index in [-0.39, 0.29) is 23.7 Å². The quantitative estimate of drug-likeness (QED) is 0.407. The van der Waals surface area contributed by atoms with Gasteiger partial charge < -0.3 is 24.4 Å². The van der Waals surface area contributed by atoms with Crippen LogP contribution in [0.15, 0.2) is 11.8 Å². The van der Waals surface area contributed by atoms with Gasteiger partial charge in [-0.05, 0) is 27.7 Å². The van der Waals surface area contributed by atoms with Crippen LogP contribution in [0.1, 0.15) is 27.7 Å². The highest BCUT2D eigenvalue weighted by Gasteiger charge is 2.27. The van der Waals surface area contributed by atoms with E-state index in [1.807, 2.05) is 33.8 Å². The summed E-state index contributed by atoms with van der Waals surface area (Å²) in [4.78, 5) is 14.1. The van der Waals surface area contributed by atoms with Gasteiger partial charge in [0.1, 0.15) is 11.6 Å². The predicted molar refractivity (Wildman–Crippen MR) is 85.3 cm³/mol. The van der Waals surface area contributed by atoms with Gasteiger partial charge in [0.15, 0.2) is 6.29 Å². The van der Waals surface area contributed by atoms with Gasteiger partial charge in [-0.15, -0.1) is 0 Å². The van der Waals surface area contributed by atoms with Crippen molar-refractivity contribution >= 4 is 5.91 Å². The first-order valence-corrected chi connectivity index (χ1v) is 8.03. The lowest BCUT2D eigenvalue weighted by atomic mass is 10.2. The predicted octanol–water partition coefficient (Wildman–Crippen LogP) is 1.02. The van der Waals surface area contributed by atoms with Crippen LogP contribution in [0.3, 0.4) is 0 Å². The molecule has 0 aliphatic carbocycles. The van der Waals surface area contributed by atoms with Crippen molar-refractivity contribution in [1.82, 2.24) is 10.2 Å². The lowest BCUT2D eigenvalue weighted by molar-refractivity contribution is -0.138. The molecule has 1 amide bonds. The average Bonchev–Trinajstić information content (AvgIpc) is 2.50. The summed E-state index contributed by atoms with van der Waals surface area (Å²) in [5.41, 5.74) is 0.0676. The average molecular weight is 325 g/mol. The number of nitrogens with one attached hydrogen (secondary N) is 1. The van der Waals surface area contributed by atoms with E-state index < -0.39 is 6.29 Å². The van der Waals surface area contributed by atoms with Crippen molar-refractivity contribution in [2.75, 3.05) is 32.8 Å². The van der Waals surface area contributed by atoms with E-state index in [0.29, 0.717) is 32.8 Å². The van der Waals surface area contributed by atoms with Crippen molar-refractivity contribution in [1.29, 1.82) is 5.26 Å². The summed E-state index contributed by atoms with van der Waals surface area (Å²) in [6.07, 6.45) is 0.963. The van der Waals surface area contributed by atoms with Gasteiger partial charge in [0, 0.05) is 32.5 Å². The Labute approximate surface area is 138 Å². The van der Waals surface area contributed by atoms with Gasteiger partial charge in [0.05, 0.1) is 18.8 Å². The van der Waals surface area contributed by atoms with Gasteiger partial charge in [0.2, 0.25) is 0 Å². The largest absolute Gasteiger partial charge is 0.385 e. The van der Waals surface area contributed by atoms with Gasteiger partial charge in [0.25, 0.3) is 5.91 Å². The molecule has 2 atom stereocenters. The SMILES string of the molecule is CCOC(CN/C=C(/C#N)C(=O)N1CC(C)OC(C)C1)OCC. The zero-order valence-electron chi connectivity index (χ0n) is 14.4. The number of morpholine rings is 1. The van der Waals surface area contributed by atoms with E-state index in [4.69, 9.17) is 14.2 Å². The second-order valence-corrected chi connectivity index (χ2v) is 5.39. The third-order valence-electron chi connectivity index (χ3n) is 3.29. The molecule has 0 saturated carbocycles.